The summed E-state index contributed by atoms with van der Waals surface area (Å²) >= 11 is 0. The van der Waals surface area contributed by atoms with Gasteiger partial charge in [-0.1, -0.05) is 18.9 Å². The maximum absolute atomic E-state index is 10.6. The van der Waals surface area contributed by atoms with E-state index in [1.54, 1.807) is 6.92 Å². The van der Waals surface area contributed by atoms with Gasteiger partial charge < -0.3 is 10.1 Å². The number of rotatable bonds is 1. The minimum absolute atomic E-state index is 0. The Morgan fingerprint density at radius 1 is 1.67 bits per heavy atom. The van der Waals surface area contributed by atoms with Crippen LogP contribution in [0.5, 0.6) is 0 Å². The van der Waals surface area contributed by atoms with Crippen LogP contribution in [0.3, 0.4) is 0 Å². The van der Waals surface area contributed by atoms with E-state index in [9.17, 15) is 4.79 Å². The number of Topliss-reactive ketones (excluding diaryl/α,β-unsaturated/α-hetero) is 1. The molecule has 1 radical (unpaired) electrons. The van der Waals surface area contributed by atoms with E-state index in [0.717, 1.165) is 19.4 Å². The summed E-state index contributed by atoms with van der Waals surface area (Å²) in [6.45, 7) is 2.50. The van der Waals surface area contributed by atoms with Crippen LogP contribution in [0.25, 0.3) is 5.32 Å². The van der Waals surface area contributed by atoms with Crippen LogP contribution >= 0.6 is 0 Å². The van der Waals surface area contributed by atoms with Crippen molar-refractivity contribution in [2.45, 2.75) is 25.8 Å². The molecular formula is C6H10MnNO-. The van der Waals surface area contributed by atoms with Gasteiger partial charge in [-0.2, -0.15) is 0 Å². The Labute approximate surface area is 65.9 Å². The van der Waals surface area contributed by atoms with Gasteiger partial charge in [-0.05, 0) is 6.92 Å². The van der Waals surface area contributed by atoms with E-state index in [2.05, 4.69) is 5.32 Å². The van der Waals surface area contributed by atoms with Crippen molar-refractivity contribution in [1.29, 1.82) is 0 Å². The number of hydrogen-bond acceptors (Lipinski definition) is 1. The van der Waals surface area contributed by atoms with E-state index < -0.39 is 0 Å². The minimum atomic E-state index is 0. The predicted octanol–water partition coefficient (Wildman–Crippen LogP) is 1.11. The number of hydrogen-bond donors (Lipinski definition) is 0. The van der Waals surface area contributed by atoms with Crippen LogP contribution in [0.2, 0.25) is 0 Å². The van der Waals surface area contributed by atoms with Crippen LogP contribution in [0.1, 0.15) is 19.8 Å². The van der Waals surface area contributed by atoms with E-state index in [-0.39, 0.29) is 28.9 Å². The summed E-state index contributed by atoms with van der Waals surface area (Å²) in [6, 6.07) is 0.0509. The summed E-state index contributed by atoms with van der Waals surface area (Å²) in [5, 5.41) is 4.09. The zero-order chi connectivity index (χ0) is 5.98. The molecule has 1 fully saturated rings. The van der Waals surface area contributed by atoms with Gasteiger partial charge in [0.15, 0.2) is 0 Å². The Hall–Kier alpha value is 0.149. The average Bonchev–Trinajstić information content (AvgIpc) is 2.12. The summed E-state index contributed by atoms with van der Waals surface area (Å²) in [6.07, 6.45) is 2.08. The van der Waals surface area contributed by atoms with E-state index in [1.165, 1.54) is 0 Å². The molecule has 0 aromatic heterocycles. The third kappa shape index (κ3) is 2.48. The predicted molar refractivity (Wildman–Crippen MR) is 31.9 cm³/mol. The second-order valence-corrected chi connectivity index (χ2v) is 2.17. The van der Waals surface area contributed by atoms with Gasteiger partial charge in [-0.15, -0.1) is 6.54 Å². The van der Waals surface area contributed by atoms with Crippen LogP contribution in [-0.2, 0) is 21.9 Å². The summed E-state index contributed by atoms with van der Waals surface area (Å²) in [7, 11) is 0. The molecule has 2 nitrogen and oxygen atoms in total. The zero-order valence-corrected chi connectivity index (χ0v) is 6.61. The van der Waals surface area contributed by atoms with Gasteiger partial charge in [0.25, 0.3) is 0 Å². The second kappa shape index (κ2) is 4.04. The Balaban J connectivity index is 0.000000640. The quantitative estimate of drug-likeness (QED) is 0.538. The third-order valence-electron chi connectivity index (χ3n) is 1.45. The van der Waals surface area contributed by atoms with Gasteiger partial charge in [-0.3, -0.25) is 0 Å². The van der Waals surface area contributed by atoms with Gasteiger partial charge in [0.2, 0.25) is 0 Å². The van der Waals surface area contributed by atoms with Gasteiger partial charge in [-0.25, -0.2) is 0 Å². The van der Waals surface area contributed by atoms with E-state index >= 15 is 0 Å². The van der Waals surface area contributed by atoms with Crippen LogP contribution in [0, 0.1) is 0 Å². The molecule has 1 aliphatic heterocycles. The molecule has 1 rings (SSSR count). The third-order valence-corrected chi connectivity index (χ3v) is 1.45. The maximum Gasteiger partial charge on any atom is 0.112 e. The van der Waals surface area contributed by atoms with Crippen molar-refractivity contribution in [3.05, 3.63) is 5.32 Å². The molecule has 53 valence electrons. The number of ketones is 1. The molecule has 1 unspecified atom stereocenters. The number of carbonyl (C=O) groups excluding carboxylic acids is 1. The van der Waals surface area contributed by atoms with Gasteiger partial charge in [0.1, 0.15) is 5.78 Å². The Kier molecular flexibility index (Phi) is 4.11. The molecule has 1 saturated heterocycles. The summed E-state index contributed by atoms with van der Waals surface area (Å²) in [5.74, 6) is 0.225. The van der Waals surface area contributed by atoms with Crippen molar-refractivity contribution in [2.75, 3.05) is 6.54 Å². The topological polar surface area (TPSA) is 31.2 Å². The molecule has 0 spiro atoms. The average molecular weight is 167 g/mol. The van der Waals surface area contributed by atoms with Crippen LogP contribution in [-0.4, -0.2) is 18.4 Å². The first kappa shape index (κ1) is 9.15. The van der Waals surface area contributed by atoms with Crippen molar-refractivity contribution in [3.63, 3.8) is 0 Å². The smallest absolute Gasteiger partial charge is 0.112 e. The fourth-order valence-electron chi connectivity index (χ4n) is 0.955. The Morgan fingerprint density at radius 3 is 2.56 bits per heavy atom. The molecule has 0 aliphatic carbocycles. The van der Waals surface area contributed by atoms with Crippen molar-refractivity contribution in [3.8, 4) is 0 Å². The molecule has 0 aromatic rings. The first-order valence-corrected chi connectivity index (χ1v) is 2.98. The van der Waals surface area contributed by atoms with E-state index in [4.69, 9.17) is 0 Å². The monoisotopic (exact) mass is 167 g/mol. The molecule has 0 aromatic carbocycles. The number of nitrogens with zero attached hydrogens (tertiary/aromatic N) is 1. The zero-order valence-electron chi connectivity index (χ0n) is 5.43. The molecule has 3 heteroatoms. The fraction of sp³-hybridized carbons (Fsp3) is 0.833. The van der Waals surface area contributed by atoms with Crippen molar-refractivity contribution >= 4 is 5.78 Å². The Morgan fingerprint density at radius 2 is 2.33 bits per heavy atom. The first-order valence-electron chi connectivity index (χ1n) is 2.98. The normalized spacial score (nSPS) is 25.2. The molecule has 0 bridgehead atoms. The van der Waals surface area contributed by atoms with Gasteiger partial charge >= 0.3 is 0 Å². The SMILES string of the molecule is CC(=O)C1CCC[N-]1.[Mn]. The molecule has 9 heavy (non-hydrogen) atoms. The molecule has 0 N–H and O–H groups in total. The molecule has 1 heterocycles. The van der Waals surface area contributed by atoms with Gasteiger partial charge in [0, 0.05) is 17.1 Å². The molecule has 1 atom stereocenters. The fourth-order valence-corrected chi connectivity index (χ4v) is 0.955. The first-order chi connectivity index (χ1) is 3.80. The molecule has 0 amide bonds. The Bertz CT molecular complexity index is 99.2. The molecular weight excluding hydrogens is 157 g/mol. The van der Waals surface area contributed by atoms with Crippen molar-refractivity contribution in [2.24, 2.45) is 0 Å². The largest absolute Gasteiger partial charge is 0.653 e. The van der Waals surface area contributed by atoms with Crippen molar-refractivity contribution < 1.29 is 21.9 Å². The minimum Gasteiger partial charge on any atom is -0.653 e. The van der Waals surface area contributed by atoms with Gasteiger partial charge in [0.05, 0.1) is 0 Å². The summed E-state index contributed by atoms with van der Waals surface area (Å²) < 4.78 is 0. The van der Waals surface area contributed by atoms with Crippen LogP contribution in [0.15, 0.2) is 0 Å². The standard InChI is InChI=1S/C6H10NO.Mn/c1-5(8)6-3-2-4-7-6;/h6H,2-4H2,1H3;/q-1;. The van der Waals surface area contributed by atoms with E-state index in [0.29, 0.717) is 0 Å². The summed E-state index contributed by atoms with van der Waals surface area (Å²) in [5.41, 5.74) is 0. The number of carbonyl (C=O) groups is 1. The molecule has 1 aliphatic rings. The van der Waals surface area contributed by atoms with Crippen LogP contribution in [0.4, 0.5) is 0 Å². The second-order valence-electron chi connectivity index (χ2n) is 2.17. The van der Waals surface area contributed by atoms with Crippen molar-refractivity contribution in [1.82, 2.24) is 0 Å². The van der Waals surface area contributed by atoms with Crippen LogP contribution < -0.4 is 0 Å². The molecule has 0 saturated carbocycles. The maximum atomic E-state index is 10.6. The summed E-state index contributed by atoms with van der Waals surface area (Å²) in [4.78, 5) is 10.6. The van der Waals surface area contributed by atoms with E-state index in [1.807, 2.05) is 0 Å².